The summed E-state index contributed by atoms with van der Waals surface area (Å²) in [6.07, 6.45) is 1.70. The molecule has 28 heavy (non-hydrogen) atoms. The fourth-order valence-electron chi connectivity index (χ4n) is 3.78. The number of thiophene rings is 1. The van der Waals surface area contributed by atoms with Crippen molar-refractivity contribution >= 4 is 23.0 Å². The molecule has 1 amide bonds. The summed E-state index contributed by atoms with van der Waals surface area (Å²) in [5.41, 5.74) is 0.827. The normalized spacial score (nSPS) is 22.2. The maximum Gasteiger partial charge on any atom is 0.290 e. The van der Waals surface area contributed by atoms with Gasteiger partial charge in [-0.3, -0.25) is 9.59 Å². The van der Waals surface area contributed by atoms with Crippen molar-refractivity contribution in [1.82, 2.24) is 4.90 Å². The van der Waals surface area contributed by atoms with Crippen LogP contribution in [0.2, 0.25) is 0 Å². The zero-order chi connectivity index (χ0) is 19.7. The van der Waals surface area contributed by atoms with Crippen molar-refractivity contribution in [3.05, 3.63) is 63.6 Å². The van der Waals surface area contributed by atoms with Crippen LogP contribution in [-0.2, 0) is 9.53 Å². The van der Waals surface area contributed by atoms with Crippen molar-refractivity contribution in [3.63, 3.8) is 0 Å². The van der Waals surface area contributed by atoms with Gasteiger partial charge in [-0.25, -0.2) is 0 Å². The Hall–Kier alpha value is -2.64. The van der Waals surface area contributed by atoms with Crippen LogP contribution < -0.4 is 4.74 Å². The molecule has 6 nitrogen and oxygen atoms in total. The number of Topliss-reactive ketones (excluding diaryl/α,β-unsaturated/α-hetero) is 1. The highest BCUT2D eigenvalue weighted by molar-refractivity contribution is 7.12. The fraction of sp³-hybridized carbons (Fsp3) is 0.333. The number of aliphatic hydroxyl groups is 1. The summed E-state index contributed by atoms with van der Waals surface area (Å²) in [5, 5.41) is 12.4. The fourth-order valence-corrected chi connectivity index (χ4v) is 4.46. The zero-order valence-corrected chi connectivity index (χ0v) is 16.3. The summed E-state index contributed by atoms with van der Waals surface area (Å²) in [4.78, 5) is 28.1. The van der Waals surface area contributed by atoms with Gasteiger partial charge in [-0.15, -0.1) is 11.3 Å². The van der Waals surface area contributed by atoms with Crippen LogP contribution in [0, 0.1) is 0 Å². The minimum absolute atomic E-state index is 0.0963. The highest BCUT2D eigenvalue weighted by atomic mass is 32.1. The van der Waals surface area contributed by atoms with E-state index in [0.29, 0.717) is 23.8 Å². The summed E-state index contributed by atoms with van der Waals surface area (Å²) >= 11 is 1.29. The number of carbonyl (C=O) groups excluding carboxylic acids is 2. The van der Waals surface area contributed by atoms with Crippen molar-refractivity contribution in [2.45, 2.75) is 25.0 Å². The Morgan fingerprint density at radius 2 is 2.21 bits per heavy atom. The molecule has 2 aliphatic rings. The second-order valence-corrected chi connectivity index (χ2v) is 7.79. The molecular formula is C21H21NO5S. The summed E-state index contributed by atoms with van der Waals surface area (Å²) in [6, 6.07) is 10.0. The molecular weight excluding hydrogens is 378 g/mol. The summed E-state index contributed by atoms with van der Waals surface area (Å²) in [6.45, 7) is 0.989. The van der Waals surface area contributed by atoms with E-state index in [1.54, 1.807) is 41.7 Å². The number of rotatable bonds is 6. The number of ketones is 1. The second-order valence-electron chi connectivity index (χ2n) is 6.84. The number of ether oxygens (including phenoxy) is 2. The summed E-state index contributed by atoms with van der Waals surface area (Å²) in [5.74, 6) is -0.729. The third kappa shape index (κ3) is 3.31. The third-order valence-corrected chi connectivity index (χ3v) is 6.00. The lowest BCUT2D eigenvalue weighted by Gasteiger charge is -2.29. The van der Waals surface area contributed by atoms with Crippen LogP contribution >= 0.6 is 11.3 Å². The van der Waals surface area contributed by atoms with Gasteiger partial charge >= 0.3 is 0 Å². The molecule has 1 N–H and O–H groups in total. The molecule has 3 heterocycles. The average molecular weight is 399 g/mol. The summed E-state index contributed by atoms with van der Waals surface area (Å²) < 4.78 is 11.0. The molecule has 0 unspecified atom stereocenters. The Bertz CT molecular complexity index is 915. The lowest BCUT2D eigenvalue weighted by molar-refractivity contribution is -0.131. The number of aliphatic hydroxyl groups excluding tert-OH is 1. The first-order chi connectivity index (χ1) is 13.6. The lowest BCUT2D eigenvalue weighted by atomic mass is 9.95. The van der Waals surface area contributed by atoms with Gasteiger partial charge in [-0.2, -0.15) is 0 Å². The number of nitrogens with zero attached hydrogens (tertiary/aromatic N) is 1. The SMILES string of the molecule is COc1cccc([C@H]2C(C(=O)c3cccs3)=C(O)C(=O)N2C[C@H]2CCCO2)c1. The van der Waals surface area contributed by atoms with Gasteiger partial charge in [-0.1, -0.05) is 18.2 Å². The monoisotopic (exact) mass is 399 g/mol. The smallest absolute Gasteiger partial charge is 0.290 e. The van der Waals surface area contributed by atoms with E-state index in [0.717, 1.165) is 18.4 Å². The van der Waals surface area contributed by atoms with Crippen molar-refractivity contribution in [2.75, 3.05) is 20.3 Å². The lowest BCUT2D eigenvalue weighted by Crippen LogP contribution is -2.37. The molecule has 0 saturated carbocycles. The Kier molecular flexibility index (Phi) is 5.19. The number of hydrogen-bond acceptors (Lipinski definition) is 6. The van der Waals surface area contributed by atoms with E-state index >= 15 is 0 Å². The molecule has 7 heteroatoms. The molecule has 2 aromatic rings. The number of benzene rings is 1. The van der Waals surface area contributed by atoms with E-state index in [4.69, 9.17) is 9.47 Å². The first-order valence-electron chi connectivity index (χ1n) is 9.18. The number of amides is 1. The maximum absolute atomic E-state index is 13.1. The highest BCUT2D eigenvalue weighted by Crippen LogP contribution is 2.40. The van der Waals surface area contributed by atoms with Crippen molar-refractivity contribution < 1.29 is 24.2 Å². The standard InChI is InChI=1S/C21H21NO5S/c1-26-14-6-2-5-13(11-14)18-17(19(23)16-8-4-10-28-16)20(24)21(25)22(18)12-15-7-3-9-27-15/h2,4-6,8,10-11,15,18,24H,3,7,9,12H2,1H3/t15-,18+/m1/s1. The largest absolute Gasteiger partial charge is 0.503 e. The Labute approximate surface area is 167 Å². The zero-order valence-electron chi connectivity index (χ0n) is 15.5. The quantitative estimate of drug-likeness (QED) is 0.753. The average Bonchev–Trinajstić information content (AvgIpc) is 3.46. The maximum atomic E-state index is 13.1. The predicted molar refractivity (Wildman–Crippen MR) is 105 cm³/mol. The molecule has 0 spiro atoms. The topological polar surface area (TPSA) is 76.1 Å². The Morgan fingerprint density at radius 1 is 1.36 bits per heavy atom. The van der Waals surface area contributed by atoms with Crippen molar-refractivity contribution in [3.8, 4) is 5.75 Å². The van der Waals surface area contributed by atoms with E-state index in [9.17, 15) is 14.7 Å². The molecule has 0 radical (unpaired) electrons. The van der Waals surface area contributed by atoms with E-state index in [-0.39, 0.29) is 17.5 Å². The molecule has 0 bridgehead atoms. The minimum atomic E-state index is -0.679. The summed E-state index contributed by atoms with van der Waals surface area (Å²) in [7, 11) is 1.56. The van der Waals surface area contributed by atoms with E-state index in [1.165, 1.54) is 11.3 Å². The molecule has 1 fully saturated rings. The van der Waals surface area contributed by atoms with E-state index < -0.39 is 17.7 Å². The van der Waals surface area contributed by atoms with Gasteiger partial charge < -0.3 is 19.5 Å². The minimum Gasteiger partial charge on any atom is -0.503 e. The molecule has 1 aromatic carbocycles. The van der Waals surface area contributed by atoms with Crippen molar-refractivity contribution in [2.24, 2.45) is 0 Å². The van der Waals surface area contributed by atoms with Gasteiger partial charge in [-0.05, 0) is 42.0 Å². The van der Waals surface area contributed by atoms with Gasteiger partial charge in [0.1, 0.15) is 5.75 Å². The van der Waals surface area contributed by atoms with Gasteiger partial charge in [0.15, 0.2) is 5.76 Å². The van der Waals surface area contributed by atoms with Crippen LogP contribution in [0.5, 0.6) is 5.75 Å². The van der Waals surface area contributed by atoms with Gasteiger partial charge in [0.2, 0.25) is 5.78 Å². The first kappa shape index (κ1) is 18.7. The van der Waals surface area contributed by atoms with Crippen LogP contribution in [0.4, 0.5) is 0 Å². The van der Waals surface area contributed by atoms with Crippen LogP contribution in [0.25, 0.3) is 0 Å². The molecule has 2 aliphatic heterocycles. The Balaban J connectivity index is 1.77. The molecule has 1 saturated heterocycles. The van der Waals surface area contributed by atoms with Gasteiger partial charge in [0.05, 0.1) is 29.7 Å². The number of carbonyl (C=O) groups is 2. The number of methoxy groups -OCH3 is 1. The second kappa shape index (κ2) is 7.77. The molecule has 1 aromatic heterocycles. The Morgan fingerprint density at radius 3 is 2.89 bits per heavy atom. The molecule has 0 aliphatic carbocycles. The molecule has 4 rings (SSSR count). The molecule has 2 atom stereocenters. The van der Waals surface area contributed by atoms with E-state index in [1.807, 2.05) is 12.1 Å². The molecule has 146 valence electrons. The third-order valence-electron chi connectivity index (χ3n) is 5.13. The van der Waals surface area contributed by atoms with Gasteiger partial charge in [0, 0.05) is 13.2 Å². The highest BCUT2D eigenvalue weighted by Gasteiger charge is 2.45. The van der Waals surface area contributed by atoms with Gasteiger partial charge in [0.25, 0.3) is 5.91 Å². The first-order valence-corrected chi connectivity index (χ1v) is 10.1. The van der Waals surface area contributed by atoms with Crippen LogP contribution in [0.3, 0.4) is 0 Å². The van der Waals surface area contributed by atoms with Crippen LogP contribution in [0.1, 0.15) is 34.1 Å². The van der Waals surface area contributed by atoms with Crippen molar-refractivity contribution in [1.29, 1.82) is 0 Å². The van der Waals surface area contributed by atoms with E-state index in [2.05, 4.69) is 0 Å². The van der Waals surface area contributed by atoms with Crippen LogP contribution in [-0.4, -0.2) is 48.1 Å². The predicted octanol–water partition coefficient (Wildman–Crippen LogP) is 3.51. The number of hydrogen-bond donors (Lipinski definition) is 1. The van der Waals surface area contributed by atoms with Crippen LogP contribution in [0.15, 0.2) is 53.1 Å².